The Labute approximate surface area is 188 Å². The summed E-state index contributed by atoms with van der Waals surface area (Å²) in [5.41, 5.74) is 3.57. The summed E-state index contributed by atoms with van der Waals surface area (Å²) in [4.78, 5) is 30.2. The van der Waals surface area contributed by atoms with Gasteiger partial charge < -0.3 is 10.6 Å². The molecule has 0 aliphatic heterocycles. The number of thioether (sulfide) groups is 1. The first-order valence-corrected chi connectivity index (χ1v) is 10.9. The molecule has 0 aliphatic carbocycles. The maximum atomic E-state index is 13.7. The van der Waals surface area contributed by atoms with Gasteiger partial charge in [0.2, 0.25) is 0 Å². The second-order valence-electron chi connectivity index (χ2n) is 7.35. The van der Waals surface area contributed by atoms with Gasteiger partial charge in [0.1, 0.15) is 11.5 Å². The van der Waals surface area contributed by atoms with E-state index in [9.17, 15) is 14.0 Å². The molecule has 0 spiro atoms. The van der Waals surface area contributed by atoms with Gasteiger partial charge in [-0.25, -0.2) is 14.2 Å². The number of para-hydroxylation sites is 1. The highest BCUT2D eigenvalue weighted by molar-refractivity contribution is 7.98. The summed E-state index contributed by atoms with van der Waals surface area (Å²) in [6.07, 6.45) is 1.76. The van der Waals surface area contributed by atoms with Crippen molar-refractivity contribution in [2.45, 2.75) is 24.5 Å². The van der Waals surface area contributed by atoms with Crippen LogP contribution in [0.1, 0.15) is 16.8 Å². The maximum Gasteiger partial charge on any atom is 0.323 e. The number of fused-ring (bicyclic) bond motifs is 1. The molecule has 4 rings (SSSR count). The number of urea groups is 1. The molecule has 32 heavy (non-hydrogen) atoms. The van der Waals surface area contributed by atoms with Crippen molar-refractivity contribution in [3.8, 4) is 0 Å². The van der Waals surface area contributed by atoms with Crippen LogP contribution in [-0.2, 0) is 5.75 Å². The molecule has 2 aromatic carbocycles. The Bertz CT molecular complexity index is 1370. The molecule has 0 radical (unpaired) electrons. The summed E-state index contributed by atoms with van der Waals surface area (Å²) < 4.78 is 15.2. The van der Waals surface area contributed by atoms with Gasteiger partial charge in [-0.15, -0.1) is 11.8 Å². The monoisotopic (exact) mass is 448 g/mol. The number of rotatable bonds is 5. The van der Waals surface area contributed by atoms with E-state index in [0.29, 0.717) is 34.0 Å². The SMILES string of the molecule is Cc1ccc2nc(CSc3ccccc3NC(=O)Nc3ccc(C)c(F)c3)cc(=O)n2c1. The Balaban J connectivity index is 1.47. The number of nitrogens with one attached hydrogen (secondary N) is 2. The maximum absolute atomic E-state index is 13.7. The zero-order chi connectivity index (χ0) is 22.7. The summed E-state index contributed by atoms with van der Waals surface area (Å²) >= 11 is 1.46. The lowest BCUT2D eigenvalue weighted by molar-refractivity contribution is 0.262. The second kappa shape index (κ2) is 9.23. The van der Waals surface area contributed by atoms with Crippen molar-refractivity contribution in [3.63, 3.8) is 0 Å². The summed E-state index contributed by atoms with van der Waals surface area (Å²) in [7, 11) is 0. The highest BCUT2D eigenvalue weighted by atomic mass is 32.2. The normalized spacial score (nSPS) is 10.8. The number of aryl methyl sites for hydroxylation is 2. The number of hydrogen-bond donors (Lipinski definition) is 2. The Morgan fingerprint density at radius 1 is 1.06 bits per heavy atom. The fraction of sp³-hybridized carbons (Fsp3) is 0.125. The Kier molecular flexibility index (Phi) is 6.23. The van der Waals surface area contributed by atoms with E-state index >= 15 is 0 Å². The van der Waals surface area contributed by atoms with Crippen molar-refractivity contribution in [2.75, 3.05) is 10.6 Å². The van der Waals surface area contributed by atoms with Crippen LogP contribution >= 0.6 is 11.8 Å². The molecule has 4 aromatic rings. The van der Waals surface area contributed by atoms with Crippen LogP contribution in [0.5, 0.6) is 0 Å². The number of aromatic nitrogens is 2. The van der Waals surface area contributed by atoms with Gasteiger partial charge in [-0.05, 0) is 55.3 Å². The third-order valence-electron chi connectivity index (χ3n) is 4.80. The Hall–Kier alpha value is -3.65. The molecule has 0 fully saturated rings. The Morgan fingerprint density at radius 2 is 1.88 bits per heavy atom. The Morgan fingerprint density at radius 3 is 2.69 bits per heavy atom. The lowest BCUT2D eigenvalue weighted by Gasteiger charge is -2.12. The van der Waals surface area contributed by atoms with Crippen molar-refractivity contribution in [3.05, 3.63) is 99.9 Å². The number of halogens is 1. The minimum absolute atomic E-state index is 0.134. The lowest BCUT2D eigenvalue weighted by atomic mass is 10.2. The average molecular weight is 449 g/mol. The van der Waals surface area contributed by atoms with E-state index in [1.165, 1.54) is 28.3 Å². The third kappa shape index (κ3) is 4.97. The van der Waals surface area contributed by atoms with Gasteiger partial charge in [-0.2, -0.15) is 0 Å². The van der Waals surface area contributed by atoms with E-state index in [0.717, 1.165) is 10.5 Å². The van der Waals surface area contributed by atoms with E-state index in [1.807, 2.05) is 37.3 Å². The van der Waals surface area contributed by atoms with Crippen molar-refractivity contribution in [2.24, 2.45) is 0 Å². The number of carbonyl (C=O) groups is 1. The van der Waals surface area contributed by atoms with Crippen LogP contribution in [0.3, 0.4) is 0 Å². The number of amides is 2. The molecule has 0 aliphatic rings. The molecule has 0 saturated carbocycles. The van der Waals surface area contributed by atoms with Gasteiger partial charge >= 0.3 is 6.03 Å². The van der Waals surface area contributed by atoms with Gasteiger partial charge in [-0.1, -0.05) is 24.3 Å². The van der Waals surface area contributed by atoms with Gasteiger partial charge in [0.15, 0.2) is 0 Å². The molecule has 0 saturated heterocycles. The van der Waals surface area contributed by atoms with Crippen molar-refractivity contribution in [1.82, 2.24) is 9.38 Å². The zero-order valence-electron chi connectivity index (χ0n) is 17.6. The van der Waals surface area contributed by atoms with E-state index < -0.39 is 6.03 Å². The largest absolute Gasteiger partial charge is 0.323 e. The average Bonchev–Trinajstić information content (AvgIpc) is 2.76. The minimum Gasteiger partial charge on any atom is -0.308 e. The summed E-state index contributed by atoms with van der Waals surface area (Å²) in [5.74, 6) is 0.0797. The van der Waals surface area contributed by atoms with Crippen LogP contribution in [0.25, 0.3) is 5.65 Å². The molecule has 2 amide bonds. The first-order chi connectivity index (χ1) is 15.4. The molecule has 0 unspecified atom stereocenters. The quantitative estimate of drug-likeness (QED) is 0.402. The van der Waals surface area contributed by atoms with Gasteiger partial charge in [0.25, 0.3) is 5.56 Å². The smallest absolute Gasteiger partial charge is 0.308 e. The predicted octanol–water partition coefficient (Wildman–Crippen LogP) is 5.39. The van der Waals surface area contributed by atoms with E-state index in [2.05, 4.69) is 15.6 Å². The van der Waals surface area contributed by atoms with E-state index in [1.54, 1.807) is 31.3 Å². The number of hydrogen-bond acceptors (Lipinski definition) is 4. The van der Waals surface area contributed by atoms with Crippen LogP contribution in [0.15, 0.2) is 76.6 Å². The van der Waals surface area contributed by atoms with E-state index in [4.69, 9.17) is 0 Å². The molecule has 2 aromatic heterocycles. The minimum atomic E-state index is -0.473. The van der Waals surface area contributed by atoms with Crippen molar-refractivity contribution in [1.29, 1.82) is 0 Å². The molecular weight excluding hydrogens is 427 g/mol. The van der Waals surface area contributed by atoms with Crippen LogP contribution in [0.4, 0.5) is 20.6 Å². The molecule has 2 heterocycles. The first kappa shape index (κ1) is 21.6. The fourth-order valence-electron chi connectivity index (χ4n) is 3.13. The van der Waals surface area contributed by atoms with Crippen LogP contribution in [0.2, 0.25) is 0 Å². The molecule has 2 N–H and O–H groups in total. The molecular formula is C24H21FN4O2S. The number of anilines is 2. The predicted molar refractivity (Wildman–Crippen MR) is 126 cm³/mol. The number of benzene rings is 2. The molecule has 0 bridgehead atoms. The van der Waals surface area contributed by atoms with Crippen LogP contribution < -0.4 is 16.2 Å². The standard InChI is InChI=1S/C24H21FN4O2S/c1-15-7-10-22-26-18(12-23(30)29(22)13-15)14-32-21-6-4-3-5-20(21)28-24(31)27-17-9-8-16(2)19(25)11-17/h3-13H,14H2,1-2H3,(H2,27,28,31). The molecule has 162 valence electrons. The molecule has 0 atom stereocenters. The zero-order valence-corrected chi connectivity index (χ0v) is 18.4. The van der Waals surface area contributed by atoms with Gasteiger partial charge in [0.05, 0.1) is 11.4 Å². The van der Waals surface area contributed by atoms with Crippen LogP contribution in [-0.4, -0.2) is 15.4 Å². The number of nitrogens with zero attached hydrogens (tertiary/aromatic N) is 2. The van der Waals surface area contributed by atoms with Gasteiger partial charge in [0, 0.05) is 28.6 Å². The first-order valence-electron chi connectivity index (χ1n) is 9.94. The summed E-state index contributed by atoms with van der Waals surface area (Å²) in [6, 6.07) is 16.6. The van der Waals surface area contributed by atoms with Gasteiger partial charge in [-0.3, -0.25) is 9.20 Å². The summed E-state index contributed by atoms with van der Waals surface area (Å²) in [6.45, 7) is 3.58. The van der Waals surface area contributed by atoms with Crippen LogP contribution in [0, 0.1) is 19.7 Å². The highest BCUT2D eigenvalue weighted by Gasteiger charge is 2.10. The second-order valence-corrected chi connectivity index (χ2v) is 8.37. The van der Waals surface area contributed by atoms with Crippen molar-refractivity contribution >= 4 is 34.8 Å². The molecule has 6 nitrogen and oxygen atoms in total. The third-order valence-corrected chi connectivity index (χ3v) is 5.91. The topological polar surface area (TPSA) is 75.5 Å². The summed E-state index contributed by atoms with van der Waals surface area (Å²) in [5, 5.41) is 5.43. The molecule has 8 heteroatoms. The number of carbonyl (C=O) groups excluding carboxylic acids is 1. The fourth-order valence-corrected chi connectivity index (χ4v) is 4.04. The van der Waals surface area contributed by atoms with Crippen molar-refractivity contribution < 1.29 is 9.18 Å². The van der Waals surface area contributed by atoms with E-state index in [-0.39, 0.29) is 11.4 Å². The lowest BCUT2D eigenvalue weighted by Crippen LogP contribution is -2.20. The number of pyridine rings is 1. The highest BCUT2D eigenvalue weighted by Crippen LogP contribution is 2.29.